The second-order valence-electron chi connectivity index (χ2n) is 9.42. The monoisotopic (exact) mass is 586 g/mol. The largest absolute Gasteiger partial charge is 0.497 e. The molecule has 0 unspecified atom stereocenters. The van der Waals surface area contributed by atoms with Crippen molar-refractivity contribution < 1.29 is 17.9 Å². The summed E-state index contributed by atoms with van der Waals surface area (Å²) >= 11 is 1.45. The van der Waals surface area contributed by atoms with Crippen molar-refractivity contribution in [3.63, 3.8) is 0 Å². The number of methoxy groups -OCH3 is 1. The van der Waals surface area contributed by atoms with Crippen LogP contribution in [0.3, 0.4) is 0 Å². The van der Waals surface area contributed by atoms with Crippen molar-refractivity contribution in [2.45, 2.75) is 17.7 Å². The molecule has 0 N–H and O–H groups in total. The van der Waals surface area contributed by atoms with Crippen LogP contribution in [0.2, 0.25) is 0 Å². The quantitative estimate of drug-likeness (QED) is 0.272. The Morgan fingerprint density at radius 1 is 1.05 bits per heavy atom. The van der Waals surface area contributed by atoms with Crippen LogP contribution in [0.25, 0.3) is 10.2 Å². The van der Waals surface area contributed by atoms with Crippen LogP contribution < -0.4 is 13.9 Å². The lowest BCUT2D eigenvalue weighted by Crippen LogP contribution is -2.33. The van der Waals surface area contributed by atoms with Crippen LogP contribution in [0, 0.1) is 0 Å². The Balaban J connectivity index is 0.00000353. The van der Waals surface area contributed by atoms with Crippen LogP contribution in [-0.4, -0.2) is 65.0 Å². The van der Waals surface area contributed by atoms with Gasteiger partial charge in [-0.05, 0) is 81.5 Å². The van der Waals surface area contributed by atoms with E-state index in [1.54, 1.807) is 24.1 Å². The number of halogens is 1. The third-order valence-corrected chi connectivity index (χ3v) is 9.47. The van der Waals surface area contributed by atoms with Crippen LogP contribution in [0.5, 0.6) is 5.75 Å². The average Bonchev–Trinajstić information content (AvgIpc) is 3.55. The molecule has 0 bridgehead atoms. The minimum absolute atomic E-state index is 0. The molecule has 39 heavy (non-hydrogen) atoms. The van der Waals surface area contributed by atoms with Gasteiger partial charge in [0.25, 0.3) is 15.9 Å². The number of anilines is 2. The van der Waals surface area contributed by atoms with E-state index in [4.69, 9.17) is 9.72 Å². The van der Waals surface area contributed by atoms with E-state index >= 15 is 0 Å². The van der Waals surface area contributed by atoms with Crippen molar-refractivity contribution >= 4 is 60.7 Å². The molecule has 3 aromatic carbocycles. The number of carbonyl (C=O) groups excluding carboxylic acids is 1. The number of sulfonamides is 1. The van der Waals surface area contributed by atoms with Gasteiger partial charge in [-0.1, -0.05) is 29.5 Å². The third-order valence-electron chi connectivity index (χ3n) is 6.58. The van der Waals surface area contributed by atoms with Crippen LogP contribution in [0.1, 0.15) is 22.3 Å². The summed E-state index contributed by atoms with van der Waals surface area (Å²) in [5.41, 5.74) is 2.91. The molecular formula is C28H31ClN4O4S2. The maximum absolute atomic E-state index is 13.7. The summed E-state index contributed by atoms with van der Waals surface area (Å²) in [5.74, 6) is 0.488. The number of benzene rings is 3. The van der Waals surface area contributed by atoms with Gasteiger partial charge in [-0.2, -0.15) is 0 Å². The van der Waals surface area contributed by atoms with Crippen molar-refractivity contribution in [3.8, 4) is 5.75 Å². The van der Waals surface area contributed by atoms with Crippen molar-refractivity contribution in [3.05, 3.63) is 77.9 Å². The van der Waals surface area contributed by atoms with E-state index in [9.17, 15) is 13.2 Å². The highest BCUT2D eigenvalue weighted by Gasteiger charge is 2.31. The first-order valence-corrected chi connectivity index (χ1v) is 14.7. The number of thiazole rings is 1. The summed E-state index contributed by atoms with van der Waals surface area (Å²) in [7, 11) is 1.86. The highest BCUT2D eigenvalue weighted by atomic mass is 35.5. The SMILES string of the molecule is COc1ccc2sc(N(CCCN(C)C)C(=O)c3ccc(S(=O)(=O)N4CCc5ccccc54)cc3)nc2c1.Cl. The van der Waals surface area contributed by atoms with Gasteiger partial charge in [0.2, 0.25) is 0 Å². The van der Waals surface area contributed by atoms with Gasteiger partial charge in [0, 0.05) is 24.7 Å². The number of fused-ring (bicyclic) bond motifs is 2. The molecule has 0 radical (unpaired) electrons. The number of carbonyl (C=O) groups is 1. The van der Waals surface area contributed by atoms with Crippen LogP contribution in [0.15, 0.2) is 71.6 Å². The third kappa shape index (κ3) is 5.89. The van der Waals surface area contributed by atoms with E-state index in [0.717, 1.165) is 28.7 Å². The van der Waals surface area contributed by atoms with Gasteiger partial charge < -0.3 is 9.64 Å². The minimum atomic E-state index is -3.73. The predicted molar refractivity (Wildman–Crippen MR) is 159 cm³/mol. The Hall–Kier alpha value is -3.18. The second-order valence-corrected chi connectivity index (χ2v) is 12.3. The Morgan fingerprint density at radius 2 is 1.79 bits per heavy atom. The molecule has 206 valence electrons. The fraction of sp³-hybridized carbons (Fsp3) is 0.286. The predicted octanol–water partition coefficient (Wildman–Crippen LogP) is 5.08. The number of rotatable bonds is 9. The van der Waals surface area contributed by atoms with Crippen LogP contribution in [-0.2, 0) is 16.4 Å². The topological polar surface area (TPSA) is 83.0 Å². The lowest BCUT2D eigenvalue weighted by atomic mass is 10.2. The van der Waals surface area contributed by atoms with E-state index in [2.05, 4.69) is 4.90 Å². The van der Waals surface area contributed by atoms with Crippen molar-refractivity contribution in [1.82, 2.24) is 9.88 Å². The zero-order valence-electron chi connectivity index (χ0n) is 22.0. The van der Waals surface area contributed by atoms with Gasteiger partial charge in [-0.3, -0.25) is 14.0 Å². The zero-order valence-corrected chi connectivity index (χ0v) is 24.5. The average molecular weight is 587 g/mol. The number of nitrogens with zero attached hydrogens (tertiary/aromatic N) is 4. The molecule has 1 amide bonds. The lowest BCUT2D eigenvalue weighted by molar-refractivity contribution is 0.0986. The zero-order chi connectivity index (χ0) is 26.9. The molecule has 0 atom stereocenters. The standard InChI is InChI=1S/C28H30N4O4S2.ClH/c1-30(2)16-6-17-31(28-29-24-19-22(36-3)11-14-26(24)37-28)27(33)21-9-12-23(13-10-21)38(34,35)32-18-15-20-7-4-5-8-25(20)32;/h4-5,7-14,19H,6,15-18H2,1-3H3;1H. The lowest BCUT2D eigenvalue weighted by Gasteiger charge is -2.22. The number of para-hydroxylation sites is 1. The van der Waals surface area contributed by atoms with Crippen LogP contribution in [0.4, 0.5) is 10.8 Å². The summed E-state index contributed by atoms with van der Waals surface area (Å²) in [6.07, 6.45) is 1.45. The van der Waals surface area contributed by atoms with E-state index in [1.165, 1.54) is 27.8 Å². The maximum Gasteiger partial charge on any atom is 0.264 e. The van der Waals surface area contributed by atoms with Gasteiger partial charge in [0.15, 0.2) is 5.13 Å². The number of ether oxygens (including phenoxy) is 1. The summed E-state index contributed by atoms with van der Waals surface area (Å²) in [6, 6.07) is 19.4. The molecule has 0 fully saturated rings. The molecule has 2 heterocycles. The fourth-order valence-electron chi connectivity index (χ4n) is 4.58. The smallest absolute Gasteiger partial charge is 0.264 e. The van der Waals surface area contributed by atoms with Gasteiger partial charge in [-0.25, -0.2) is 13.4 Å². The second kappa shape index (κ2) is 11.9. The molecule has 1 aliphatic rings. The van der Waals surface area contributed by atoms with Gasteiger partial charge >= 0.3 is 0 Å². The summed E-state index contributed by atoms with van der Waals surface area (Å²) in [6.45, 7) is 1.71. The van der Waals surface area contributed by atoms with Gasteiger partial charge in [-0.15, -0.1) is 12.4 Å². The Labute approximate surface area is 239 Å². The minimum Gasteiger partial charge on any atom is -0.497 e. The molecule has 1 aromatic heterocycles. The van der Waals surface area contributed by atoms with Crippen molar-refractivity contribution in [1.29, 1.82) is 0 Å². The van der Waals surface area contributed by atoms with Crippen molar-refractivity contribution in [2.75, 3.05) is 50.0 Å². The first kappa shape index (κ1) is 28.8. The molecule has 0 spiro atoms. The normalized spacial score (nSPS) is 12.9. The summed E-state index contributed by atoms with van der Waals surface area (Å²) < 4.78 is 34.5. The molecule has 0 saturated carbocycles. The first-order valence-electron chi connectivity index (χ1n) is 12.4. The first-order chi connectivity index (χ1) is 18.3. The van der Waals surface area contributed by atoms with E-state index in [0.29, 0.717) is 41.6 Å². The highest BCUT2D eigenvalue weighted by molar-refractivity contribution is 7.92. The molecule has 1 aliphatic heterocycles. The van der Waals surface area contributed by atoms with E-state index in [1.807, 2.05) is 56.6 Å². The van der Waals surface area contributed by atoms with Crippen molar-refractivity contribution in [2.24, 2.45) is 0 Å². The number of amides is 1. The Kier molecular flexibility index (Phi) is 8.80. The molecule has 8 nitrogen and oxygen atoms in total. The molecule has 11 heteroatoms. The number of aromatic nitrogens is 1. The van der Waals surface area contributed by atoms with E-state index in [-0.39, 0.29) is 23.2 Å². The molecule has 4 aromatic rings. The molecule has 0 aliphatic carbocycles. The Bertz CT molecular complexity index is 1570. The Morgan fingerprint density at radius 3 is 2.51 bits per heavy atom. The summed E-state index contributed by atoms with van der Waals surface area (Å²) in [5, 5.41) is 0.599. The number of hydrogen-bond acceptors (Lipinski definition) is 7. The molecule has 5 rings (SSSR count). The highest BCUT2D eigenvalue weighted by Crippen LogP contribution is 2.34. The van der Waals surface area contributed by atoms with Crippen LogP contribution >= 0.6 is 23.7 Å². The maximum atomic E-state index is 13.7. The fourth-order valence-corrected chi connectivity index (χ4v) is 7.05. The van der Waals surface area contributed by atoms with E-state index < -0.39 is 10.0 Å². The van der Waals surface area contributed by atoms with Gasteiger partial charge in [0.1, 0.15) is 5.75 Å². The number of hydrogen-bond donors (Lipinski definition) is 0. The molecule has 0 saturated heterocycles. The summed E-state index contributed by atoms with van der Waals surface area (Å²) in [4.78, 5) is 22.3. The van der Waals surface area contributed by atoms with Gasteiger partial charge in [0.05, 0.1) is 27.9 Å². The molecular weight excluding hydrogens is 556 g/mol.